The van der Waals surface area contributed by atoms with E-state index in [2.05, 4.69) is 15.6 Å². The van der Waals surface area contributed by atoms with E-state index >= 15 is 0 Å². The zero-order chi connectivity index (χ0) is 14.4. The molecule has 0 spiro atoms. The number of anilines is 1. The fourth-order valence-electron chi connectivity index (χ4n) is 1.95. The molecule has 0 saturated heterocycles. The Bertz CT molecular complexity index is 567. The summed E-state index contributed by atoms with van der Waals surface area (Å²) in [5.41, 5.74) is 5.48. The number of nitrogens with zero attached hydrogens (tertiary/aromatic N) is 1. The largest absolute Gasteiger partial charge is 0.385 e. The number of aromatic nitrogens is 1. The van der Waals surface area contributed by atoms with E-state index < -0.39 is 0 Å². The molecule has 5 heteroatoms. The summed E-state index contributed by atoms with van der Waals surface area (Å²) in [5, 5.41) is 8.17. The molecule has 20 heavy (non-hydrogen) atoms. The second-order valence-electron chi connectivity index (χ2n) is 4.57. The molecule has 2 rings (SSSR count). The van der Waals surface area contributed by atoms with Gasteiger partial charge in [-0.05, 0) is 26.0 Å². The molecule has 0 bridgehead atoms. The van der Waals surface area contributed by atoms with Crippen LogP contribution in [-0.4, -0.2) is 24.0 Å². The average molecular weight is 289 g/mol. The fourth-order valence-corrected chi connectivity index (χ4v) is 2.54. The van der Waals surface area contributed by atoms with E-state index in [1.54, 1.807) is 16.8 Å². The van der Waals surface area contributed by atoms with E-state index in [1.165, 1.54) is 0 Å². The number of carbonyl (C=O) groups is 1. The van der Waals surface area contributed by atoms with Gasteiger partial charge in [-0.2, -0.15) is 0 Å². The zero-order valence-corrected chi connectivity index (χ0v) is 12.6. The maximum atomic E-state index is 12.3. The minimum Gasteiger partial charge on any atom is -0.385 e. The number of aryl methyl sites for hydroxylation is 1. The monoisotopic (exact) mass is 289 g/mol. The summed E-state index contributed by atoms with van der Waals surface area (Å²) in [6, 6.07) is 5.87. The smallest absolute Gasteiger partial charge is 0.253 e. The number of benzene rings is 1. The van der Waals surface area contributed by atoms with E-state index in [9.17, 15) is 4.79 Å². The van der Waals surface area contributed by atoms with Gasteiger partial charge in [0.05, 0.1) is 16.8 Å². The summed E-state index contributed by atoms with van der Waals surface area (Å²) in [7, 11) is 0. The summed E-state index contributed by atoms with van der Waals surface area (Å²) >= 11 is 1.57. The van der Waals surface area contributed by atoms with Crippen molar-refractivity contribution in [2.75, 3.05) is 18.4 Å². The van der Waals surface area contributed by atoms with Crippen LogP contribution in [0, 0.1) is 6.92 Å². The first kappa shape index (κ1) is 14.5. The Labute approximate surface area is 123 Å². The fraction of sp³-hybridized carbons (Fsp3) is 0.333. The van der Waals surface area contributed by atoms with Gasteiger partial charge in [-0.15, -0.1) is 11.3 Å². The van der Waals surface area contributed by atoms with Gasteiger partial charge in [0.2, 0.25) is 0 Å². The molecule has 106 valence electrons. The van der Waals surface area contributed by atoms with E-state index in [1.807, 2.05) is 37.4 Å². The molecule has 2 aromatic rings. The molecule has 1 aromatic heterocycles. The van der Waals surface area contributed by atoms with Gasteiger partial charge in [0.15, 0.2) is 0 Å². The highest BCUT2D eigenvalue weighted by atomic mass is 32.1. The van der Waals surface area contributed by atoms with Crippen LogP contribution >= 0.6 is 11.3 Å². The third kappa shape index (κ3) is 3.81. The van der Waals surface area contributed by atoms with Crippen molar-refractivity contribution in [3.8, 4) is 0 Å². The molecule has 0 atom stereocenters. The molecule has 1 heterocycles. The Hall–Kier alpha value is -1.88. The van der Waals surface area contributed by atoms with Crippen molar-refractivity contribution in [2.45, 2.75) is 20.3 Å². The maximum Gasteiger partial charge on any atom is 0.253 e. The highest BCUT2D eigenvalue weighted by Crippen LogP contribution is 2.17. The van der Waals surface area contributed by atoms with Crippen LogP contribution in [0.2, 0.25) is 0 Å². The molecule has 0 aliphatic heterocycles. The van der Waals surface area contributed by atoms with Gasteiger partial charge >= 0.3 is 0 Å². The first-order chi connectivity index (χ1) is 9.70. The third-order valence-corrected chi connectivity index (χ3v) is 3.57. The first-order valence-corrected chi connectivity index (χ1v) is 7.64. The predicted octanol–water partition coefficient (Wildman–Crippen LogP) is 2.86. The van der Waals surface area contributed by atoms with E-state index in [0.29, 0.717) is 12.1 Å². The lowest BCUT2D eigenvalue weighted by molar-refractivity contribution is 0.0955. The van der Waals surface area contributed by atoms with Crippen LogP contribution in [0.1, 0.15) is 28.5 Å². The standard InChI is InChI=1S/C15H19N3OS/c1-3-16-14-5-4-11(2)8-13(14)15(19)17-7-6-12-9-20-10-18-12/h4-5,8-10,16H,3,6-7H2,1-2H3,(H,17,19). The quantitative estimate of drug-likeness (QED) is 0.860. The molecular formula is C15H19N3OS. The molecule has 0 aliphatic rings. The Morgan fingerprint density at radius 2 is 2.25 bits per heavy atom. The van der Waals surface area contributed by atoms with Crippen molar-refractivity contribution in [2.24, 2.45) is 0 Å². The van der Waals surface area contributed by atoms with Gasteiger partial charge in [-0.25, -0.2) is 4.98 Å². The Morgan fingerprint density at radius 1 is 1.40 bits per heavy atom. The van der Waals surface area contributed by atoms with Gasteiger partial charge in [0.1, 0.15) is 0 Å². The SMILES string of the molecule is CCNc1ccc(C)cc1C(=O)NCCc1cscn1. The lowest BCUT2D eigenvalue weighted by atomic mass is 10.1. The van der Waals surface area contributed by atoms with E-state index in [0.717, 1.165) is 29.9 Å². The maximum absolute atomic E-state index is 12.3. The topological polar surface area (TPSA) is 54.0 Å². The first-order valence-electron chi connectivity index (χ1n) is 6.70. The lowest BCUT2D eigenvalue weighted by Gasteiger charge is -2.11. The highest BCUT2D eigenvalue weighted by Gasteiger charge is 2.11. The Kier molecular flexibility index (Phi) is 5.12. The van der Waals surface area contributed by atoms with Gasteiger partial charge in [-0.1, -0.05) is 11.6 Å². The molecule has 0 unspecified atom stereocenters. The minimum atomic E-state index is -0.0418. The second-order valence-corrected chi connectivity index (χ2v) is 5.28. The van der Waals surface area contributed by atoms with Crippen LogP contribution in [0.3, 0.4) is 0 Å². The molecule has 1 amide bonds. The van der Waals surface area contributed by atoms with Crippen molar-refractivity contribution >= 4 is 22.9 Å². The lowest BCUT2D eigenvalue weighted by Crippen LogP contribution is -2.26. The van der Waals surface area contributed by atoms with Crippen molar-refractivity contribution < 1.29 is 4.79 Å². The summed E-state index contributed by atoms with van der Waals surface area (Å²) < 4.78 is 0. The molecule has 0 aliphatic carbocycles. The van der Waals surface area contributed by atoms with Crippen LogP contribution in [-0.2, 0) is 6.42 Å². The van der Waals surface area contributed by atoms with Crippen LogP contribution in [0.5, 0.6) is 0 Å². The van der Waals surface area contributed by atoms with Gasteiger partial charge in [-0.3, -0.25) is 4.79 Å². The number of thiazole rings is 1. The number of carbonyl (C=O) groups excluding carboxylic acids is 1. The third-order valence-electron chi connectivity index (χ3n) is 2.94. The predicted molar refractivity (Wildman–Crippen MR) is 83.5 cm³/mol. The summed E-state index contributed by atoms with van der Waals surface area (Å²) in [5.74, 6) is -0.0418. The van der Waals surface area contributed by atoms with Crippen molar-refractivity contribution in [1.29, 1.82) is 0 Å². The molecule has 1 aromatic carbocycles. The number of nitrogens with one attached hydrogen (secondary N) is 2. The average Bonchev–Trinajstić information content (AvgIpc) is 2.94. The van der Waals surface area contributed by atoms with Crippen LogP contribution in [0.15, 0.2) is 29.1 Å². The van der Waals surface area contributed by atoms with Crippen molar-refractivity contribution in [3.05, 3.63) is 45.9 Å². The minimum absolute atomic E-state index is 0.0418. The van der Waals surface area contributed by atoms with E-state index in [4.69, 9.17) is 0 Å². The van der Waals surface area contributed by atoms with Gasteiger partial charge in [0, 0.05) is 30.6 Å². The zero-order valence-electron chi connectivity index (χ0n) is 11.8. The second kappa shape index (κ2) is 7.05. The summed E-state index contributed by atoms with van der Waals surface area (Å²) in [4.78, 5) is 16.5. The number of hydrogen-bond acceptors (Lipinski definition) is 4. The van der Waals surface area contributed by atoms with Gasteiger partial charge in [0.25, 0.3) is 5.91 Å². The number of amides is 1. The Balaban J connectivity index is 1.99. The Morgan fingerprint density at radius 3 is 2.95 bits per heavy atom. The molecular weight excluding hydrogens is 270 g/mol. The highest BCUT2D eigenvalue weighted by molar-refractivity contribution is 7.07. The molecule has 4 nitrogen and oxygen atoms in total. The number of hydrogen-bond donors (Lipinski definition) is 2. The normalized spacial score (nSPS) is 10.3. The van der Waals surface area contributed by atoms with E-state index in [-0.39, 0.29) is 5.91 Å². The molecule has 0 radical (unpaired) electrons. The summed E-state index contributed by atoms with van der Waals surface area (Å²) in [6.07, 6.45) is 0.762. The summed E-state index contributed by atoms with van der Waals surface area (Å²) in [6.45, 7) is 5.40. The number of rotatable bonds is 6. The van der Waals surface area contributed by atoms with Crippen LogP contribution in [0.4, 0.5) is 5.69 Å². The van der Waals surface area contributed by atoms with Crippen LogP contribution in [0.25, 0.3) is 0 Å². The van der Waals surface area contributed by atoms with Gasteiger partial charge < -0.3 is 10.6 Å². The molecule has 2 N–H and O–H groups in total. The van der Waals surface area contributed by atoms with Crippen molar-refractivity contribution in [1.82, 2.24) is 10.3 Å². The van der Waals surface area contributed by atoms with Crippen molar-refractivity contribution in [3.63, 3.8) is 0 Å². The molecule has 0 fully saturated rings. The molecule has 0 saturated carbocycles. The van der Waals surface area contributed by atoms with Crippen LogP contribution < -0.4 is 10.6 Å².